The molecule has 1 heterocycles. The molecule has 0 saturated carbocycles. The van der Waals surface area contributed by atoms with Crippen molar-refractivity contribution in [2.24, 2.45) is 11.8 Å². The smallest absolute Gasteiger partial charge is 1.00 e. The van der Waals surface area contributed by atoms with Crippen molar-refractivity contribution < 1.29 is 36.5 Å². The third kappa shape index (κ3) is 17.6. The first-order valence-corrected chi connectivity index (χ1v) is 14.6. The van der Waals surface area contributed by atoms with E-state index in [2.05, 4.69) is 18.7 Å². The van der Waals surface area contributed by atoms with Gasteiger partial charge in [-0.15, -0.1) is 0 Å². The van der Waals surface area contributed by atoms with Gasteiger partial charge in [-0.25, -0.2) is 0 Å². The van der Waals surface area contributed by atoms with E-state index < -0.39 is 5.60 Å². The molecule has 1 N–H and O–H groups in total. The number of halogens is 1. The van der Waals surface area contributed by atoms with E-state index in [4.69, 9.17) is 14.2 Å². The molecule has 0 aromatic heterocycles. The van der Waals surface area contributed by atoms with E-state index >= 15 is 0 Å². The summed E-state index contributed by atoms with van der Waals surface area (Å²) in [5.74, 6) is 1.83. The van der Waals surface area contributed by atoms with Gasteiger partial charge in [0, 0.05) is 43.7 Å². The molecule has 0 amide bonds. The Kier molecular flexibility index (Phi) is 27.7. The van der Waals surface area contributed by atoms with Gasteiger partial charge in [-0.05, 0) is 77.3 Å². The van der Waals surface area contributed by atoms with E-state index in [9.17, 15) is 9.90 Å². The Morgan fingerprint density at radius 1 is 0.930 bits per heavy atom. The van der Waals surface area contributed by atoms with Gasteiger partial charge >= 0.3 is 23.1 Å². The minimum absolute atomic E-state index is 0. The zero-order chi connectivity index (χ0) is 31.4. The van der Waals surface area contributed by atoms with Crippen molar-refractivity contribution in [3.63, 3.8) is 0 Å². The van der Waals surface area contributed by atoms with E-state index in [1.807, 2.05) is 89.4 Å². The predicted octanol–water partition coefficient (Wildman–Crippen LogP) is 2.83. The van der Waals surface area contributed by atoms with Crippen LogP contribution >= 0.6 is 0 Å². The summed E-state index contributed by atoms with van der Waals surface area (Å²) in [6.07, 6.45) is 3.25. The first kappa shape index (κ1) is 46.0. The van der Waals surface area contributed by atoms with Crippen molar-refractivity contribution in [1.29, 1.82) is 0 Å². The van der Waals surface area contributed by atoms with Crippen molar-refractivity contribution in [1.82, 2.24) is 9.80 Å². The molecule has 1 fully saturated rings. The summed E-state index contributed by atoms with van der Waals surface area (Å²) in [4.78, 5) is 16.2. The van der Waals surface area contributed by atoms with Crippen LogP contribution in [0.2, 0.25) is 0 Å². The average Bonchev–Trinajstić information content (AvgIpc) is 3.57. The monoisotopic (exact) mass is 632 g/mol. The molecule has 1 aliphatic heterocycles. The molecule has 9 heteroatoms. The number of nitrogens with zero attached hydrogens (tertiary/aromatic N) is 2. The van der Waals surface area contributed by atoms with Crippen LogP contribution in [0.15, 0.2) is 48.5 Å². The van der Waals surface area contributed by atoms with Crippen molar-refractivity contribution in [3.05, 3.63) is 66.6 Å². The fourth-order valence-corrected chi connectivity index (χ4v) is 4.63. The maximum Gasteiger partial charge on any atom is 2.00 e. The Bertz CT molecular complexity index is 968. The van der Waals surface area contributed by atoms with E-state index in [-0.39, 0.29) is 53.1 Å². The van der Waals surface area contributed by atoms with Crippen LogP contribution in [0.1, 0.15) is 62.9 Å². The molecule has 1 saturated heterocycles. The summed E-state index contributed by atoms with van der Waals surface area (Å²) in [6.45, 7) is 14.7. The molecule has 0 radical (unpaired) electrons. The topological polar surface area (TPSA) is 71.5 Å². The van der Waals surface area contributed by atoms with Gasteiger partial charge in [0.2, 0.25) is 0 Å². The number of methoxy groups -OCH3 is 2. The molecule has 7 nitrogen and oxygen atoms in total. The van der Waals surface area contributed by atoms with Gasteiger partial charge in [0.1, 0.15) is 11.5 Å². The average molecular weight is 634 g/mol. The molecule has 0 unspecified atom stereocenters. The van der Waals surface area contributed by atoms with E-state index in [0.29, 0.717) is 12.0 Å². The fourth-order valence-electron chi connectivity index (χ4n) is 4.63. The third-order valence-electron chi connectivity index (χ3n) is 6.83. The van der Waals surface area contributed by atoms with Gasteiger partial charge in [0.25, 0.3) is 0 Å². The molecule has 0 bridgehead atoms. The molecule has 242 valence electrons. The number of carbonyl (C=O) groups excluding carboxylic acids is 1. The molecule has 1 aliphatic rings. The maximum atomic E-state index is 12.1. The van der Waals surface area contributed by atoms with Gasteiger partial charge in [0.05, 0.1) is 19.8 Å². The number of aliphatic hydroxyl groups is 1. The number of rotatable bonds is 11. The van der Waals surface area contributed by atoms with Gasteiger partial charge < -0.3 is 48.4 Å². The van der Waals surface area contributed by atoms with Crippen molar-refractivity contribution in [2.75, 3.05) is 68.7 Å². The summed E-state index contributed by atoms with van der Waals surface area (Å²) in [5, 5.41) is 10.9. The van der Waals surface area contributed by atoms with Crippen molar-refractivity contribution in [2.45, 2.75) is 52.6 Å². The Labute approximate surface area is 285 Å². The minimum atomic E-state index is -0.807. The Hall–Kier alpha value is -1.39. The first-order chi connectivity index (χ1) is 19.5. The number of carbonyl (C=O) groups is 1. The molecule has 0 spiro atoms. The quantitative estimate of drug-likeness (QED) is 0.232. The molecule has 2 aromatic rings. The Morgan fingerprint density at radius 3 is 1.84 bits per heavy atom. The molecule has 3 atom stereocenters. The summed E-state index contributed by atoms with van der Waals surface area (Å²) < 4.78 is 15.3. The number of ether oxygens (including phenoxy) is 3. The SMILES string of the molecule is C1CCOC1.CC[C@](O)(c1cccc(OC)c1)[C@@H](C)CN(C)C.COc1cccc(C(=O)[C@@H](C)CN(C)C)c1.[CH2-]C.[Cl-].[Mg+2]. The van der Waals surface area contributed by atoms with Gasteiger partial charge in [-0.1, -0.05) is 45.0 Å². The van der Waals surface area contributed by atoms with E-state index in [1.54, 1.807) is 27.2 Å². The summed E-state index contributed by atoms with van der Waals surface area (Å²) >= 11 is 0. The molecule has 0 aliphatic carbocycles. The van der Waals surface area contributed by atoms with Crippen molar-refractivity contribution >= 4 is 28.8 Å². The second-order valence-electron chi connectivity index (χ2n) is 10.8. The Balaban J connectivity index is -0.000000587. The second-order valence-corrected chi connectivity index (χ2v) is 10.8. The zero-order valence-electron chi connectivity index (χ0n) is 28.5. The number of ketones is 1. The number of hydrogen-bond donors (Lipinski definition) is 1. The fraction of sp³-hybridized carbons (Fsp3) is 0.588. The molecule has 3 rings (SSSR count). The van der Waals surface area contributed by atoms with Crippen LogP contribution in [0, 0.1) is 18.8 Å². The predicted molar refractivity (Wildman–Crippen MR) is 177 cm³/mol. The normalized spacial score (nSPS) is 14.5. The van der Waals surface area contributed by atoms with Crippen molar-refractivity contribution in [3.8, 4) is 11.5 Å². The van der Waals surface area contributed by atoms with Crippen LogP contribution in [0.25, 0.3) is 0 Å². The van der Waals surface area contributed by atoms with E-state index in [1.165, 1.54) is 12.8 Å². The van der Waals surface area contributed by atoms with Crippen LogP contribution in [0.3, 0.4) is 0 Å². The number of benzene rings is 2. The molecule has 43 heavy (non-hydrogen) atoms. The standard InChI is InChI=1S/C15H25NO2.C13H19NO2.C4H8O.C2H5.ClH.Mg/c1-6-15(17,12(2)11-16(3)4)13-8-7-9-14(10-13)18-5;1-10(9-14(2)3)13(15)11-6-5-7-12(8-11)16-4;1-2-4-5-3-1;1-2;;/h7-10,12,17H,6,11H2,1-5H3;5-8,10H,9H2,1-4H3;1-4H2;1H2,2H3;1H;/q;;;-1;;+2/p-1/t12-,15+;10-;;;;/m00..../s1. The van der Waals surface area contributed by atoms with Crippen LogP contribution in [-0.4, -0.2) is 112 Å². The van der Waals surface area contributed by atoms with Crippen LogP contribution in [0.5, 0.6) is 11.5 Å². The van der Waals surface area contributed by atoms with Gasteiger partial charge in [-0.2, -0.15) is 6.92 Å². The number of hydrogen-bond acceptors (Lipinski definition) is 7. The largest absolute Gasteiger partial charge is 2.00 e. The summed E-state index contributed by atoms with van der Waals surface area (Å²) in [7, 11) is 11.2. The molecular formula is C34H57ClMgN2O5. The number of Topliss-reactive ketones (excluding diaryl/α,β-unsaturated/α-hetero) is 1. The van der Waals surface area contributed by atoms with Gasteiger partial charge in [0.15, 0.2) is 5.78 Å². The molecule has 2 aromatic carbocycles. The minimum Gasteiger partial charge on any atom is -1.00 e. The summed E-state index contributed by atoms with van der Waals surface area (Å²) in [6, 6.07) is 15.0. The van der Waals surface area contributed by atoms with E-state index in [0.717, 1.165) is 43.4 Å². The second kappa shape index (κ2) is 25.9. The summed E-state index contributed by atoms with van der Waals surface area (Å²) in [5.41, 5.74) is 0.839. The van der Waals surface area contributed by atoms with Crippen LogP contribution in [0.4, 0.5) is 0 Å². The first-order valence-electron chi connectivity index (χ1n) is 14.6. The van der Waals surface area contributed by atoms with Crippen LogP contribution < -0.4 is 21.9 Å². The zero-order valence-corrected chi connectivity index (χ0v) is 30.7. The van der Waals surface area contributed by atoms with Crippen LogP contribution in [-0.2, 0) is 10.3 Å². The maximum absolute atomic E-state index is 12.1. The Morgan fingerprint density at radius 2 is 1.42 bits per heavy atom. The van der Waals surface area contributed by atoms with Gasteiger partial charge in [-0.3, -0.25) is 4.79 Å². The third-order valence-corrected chi connectivity index (χ3v) is 6.83. The molecular weight excluding hydrogens is 576 g/mol.